The van der Waals surface area contributed by atoms with Gasteiger partial charge in [0.2, 0.25) is 5.91 Å². The van der Waals surface area contributed by atoms with Crippen LogP contribution in [0.1, 0.15) is 52.9 Å². The fourth-order valence-corrected chi connectivity index (χ4v) is 3.73. The first-order valence-corrected chi connectivity index (χ1v) is 10.3. The van der Waals surface area contributed by atoms with Crippen LogP contribution in [0.3, 0.4) is 0 Å². The zero-order chi connectivity index (χ0) is 24.4. The molecule has 10 heteroatoms. The van der Waals surface area contributed by atoms with Gasteiger partial charge in [0.25, 0.3) is 5.91 Å². The van der Waals surface area contributed by atoms with E-state index in [9.17, 15) is 35.9 Å². The molecule has 2 amide bonds. The standard InChI is InChI=1S/C23H22F6N2O2/c1-14(17-3-2-4-19(13-17)23(27,28)29)30-20(32)15-9-11-31(12-10-15)21(33)16-5-7-18(8-6-16)22(24,25)26/h2-8,13-15H,9-12H2,1H3,(H,30,32). The average molecular weight is 472 g/mol. The largest absolute Gasteiger partial charge is 0.416 e. The summed E-state index contributed by atoms with van der Waals surface area (Å²) < 4.78 is 76.8. The van der Waals surface area contributed by atoms with Crippen molar-refractivity contribution in [3.8, 4) is 0 Å². The quantitative estimate of drug-likeness (QED) is 0.602. The number of nitrogens with one attached hydrogen (secondary N) is 1. The molecule has 3 rings (SSSR count). The average Bonchev–Trinajstić information content (AvgIpc) is 2.77. The van der Waals surface area contributed by atoms with Crippen molar-refractivity contribution in [2.75, 3.05) is 13.1 Å². The van der Waals surface area contributed by atoms with Crippen molar-refractivity contribution in [1.29, 1.82) is 0 Å². The van der Waals surface area contributed by atoms with E-state index in [1.54, 1.807) is 6.92 Å². The molecule has 1 unspecified atom stereocenters. The molecule has 0 saturated carbocycles. The van der Waals surface area contributed by atoms with Gasteiger partial charge in [-0.25, -0.2) is 0 Å². The number of benzene rings is 2. The monoisotopic (exact) mass is 472 g/mol. The van der Waals surface area contributed by atoms with Crippen LogP contribution in [0.4, 0.5) is 26.3 Å². The number of hydrogen-bond donors (Lipinski definition) is 1. The third-order valence-corrected chi connectivity index (χ3v) is 5.68. The molecule has 178 valence electrons. The SMILES string of the molecule is CC(NC(=O)C1CCN(C(=O)c2ccc(C(F)(F)F)cc2)CC1)c1cccc(C(F)(F)F)c1. The van der Waals surface area contributed by atoms with Gasteiger partial charge in [-0.3, -0.25) is 9.59 Å². The maximum atomic E-state index is 12.9. The first kappa shape index (κ1) is 24.6. The van der Waals surface area contributed by atoms with Crippen molar-refractivity contribution < 1.29 is 35.9 Å². The Morgan fingerprint density at radius 2 is 1.48 bits per heavy atom. The molecule has 0 spiro atoms. The van der Waals surface area contributed by atoms with E-state index < -0.39 is 41.3 Å². The molecule has 2 aromatic carbocycles. The van der Waals surface area contributed by atoms with E-state index in [0.29, 0.717) is 18.4 Å². The van der Waals surface area contributed by atoms with Crippen LogP contribution in [0.2, 0.25) is 0 Å². The minimum Gasteiger partial charge on any atom is -0.349 e. The van der Waals surface area contributed by atoms with Gasteiger partial charge >= 0.3 is 12.4 Å². The number of alkyl halides is 6. The summed E-state index contributed by atoms with van der Waals surface area (Å²) in [5.74, 6) is -1.16. The van der Waals surface area contributed by atoms with Crippen LogP contribution in [0.15, 0.2) is 48.5 Å². The van der Waals surface area contributed by atoms with Crippen LogP contribution in [-0.4, -0.2) is 29.8 Å². The molecule has 1 saturated heterocycles. The fraction of sp³-hybridized carbons (Fsp3) is 0.391. The van der Waals surface area contributed by atoms with Crippen LogP contribution >= 0.6 is 0 Å². The van der Waals surface area contributed by atoms with Crippen LogP contribution < -0.4 is 5.32 Å². The summed E-state index contributed by atoms with van der Waals surface area (Å²) in [5.41, 5.74) is -1.18. The minimum atomic E-state index is -4.49. The lowest BCUT2D eigenvalue weighted by atomic mass is 9.94. The first-order valence-electron chi connectivity index (χ1n) is 10.3. The molecule has 1 atom stereocenters. The Morgan fingerprint density at radius 1 is 0.909 bits per heavy atom. The summed E-state index contributed by atoms with van der Waals surface area (Å²) >= 11 is 0. The van der Waals surface area contributed by atoms with Gasteiger partial charge in [0.05, 0.1) is 17.2 Å². The molecule has 1 fully saturated rings. The molecular weight excluding hydrogens is 450 g/mol. The summed E-state index contributed by atoms with van der Waals surface area (Å²) in [4.78, 5) is 26.6. The van der Waals surface area contributed by atoms with Crippen molar-refractivity contribution >= 4 is 11.8 Å². The van der Waals surface area contributed by atoms with E-state index in [-0.39, 0.29) is 24.6 Å². The Kier molecular flexibility index (Phi) is 7.04. The van der Waals surface area contributed by atoms with Crippen molar-refractivity contribution in [2.45, 2.75) is 38.2 Å². The van der Waals surface area contributed by atoms with Crippen molar-refractivity contribution in [1.82, 2.24) is 10.2 Å². The number of likely N-dealkylation sites (tertiary alicyclic amines) is 1. The molecule has 0 aliphatic carbocycles. The summed E-state index contributed by atoms with van der Waals surface area (Å²) in [5, 5.41) is 2.72. The minimum absolute atomic E-state index is 0.129. The molecular formula is C23H22F6N2O2. The van der Waals surface area contributed by atoms with Gasteiger partial charge in [0, 0.05) is 24.6 Å². The third kappa shape index (κ3) is 6.06. The van der Waals surface area contributed by atoms with Crippen LogP contribution in [0.5, 0.6) is 0 Å². The molecule has 0 bridgehead atoms. The van der Waals surface area contributed by atoms with Crippen LogP contribution in [0, 0.1) is 5.92 Å². The number of amides is 2. The fourth-order valence-electron chi connectivity index (χ4n) is 3.73. The van der Waals surface area contributed by atoms with Gasteiger partial charge in [-0.15, -0.1) is 0 Å². The second-order valence-corrected chi connectivity index (χ2v) is 8.00. The van der Waals surface area contributed by atoms with Gasteiger partial charge < -0.3 is 10.2 Å². The Hall–Kier alpha value is -3.04. The molecule has 0 aromatic heterocycles. The highest BCUT2D eigenvalue weighted by molar-refractivity contribution is 5.94. The molecule has 2 aromatic rings. The van der Waals surface area contributed by atoms with Gasteiger partial charge in [0.15, 0.2) is 0 Å². The highest BCUT2D eigenvalue weighted by Crippen LogP contribution is 2.31. The predicted octanol–water partition coefficient (Wildman–Crippen LogP) is 5.45. The molecule has 0 radical (unpaired) electrons. The Bertz CT molecular complexity index is 993. The lowest BCUT2D eigenvalue weighted by Crippen LogP contribution is -2.43. The van der Waals surface area contributed by atoms with E-state index in [4.69, 9.17) is 0 Å². The van der Waals surface area contributed by atoms with Crippen molar-refractivity contribution in [2.24, 2.45) is 5.92 Å². The number of piperidine rings is 1. The van der Waals surface area contributed by atoms with Crippen LogP contribution in [0.25, 0.3) is 0 Å². The normalized spacial score (nSPS) is 16.4. The van der Waals surface area contributed by atoms with Gasteiger partial charge in [-0.1, -0.05) is 12.1 Å². The Morgan fingerprint density at radius 3 is 2.03 bits per heavy atom. The summed E-state index contributed by atoms with van der Waals surface area (Å²) in [6.07, 6.45) is -8.29. The lowest BCUT2D eigenvalue weighted by molar-refractivity contribution is -0.138. The summed E-state index contributed by atoms with van der Waals surface area (Å²) in [6, 6.07) is 8.06. The number of nitrogens with zero attached hydrogens (tertiary/aromatic N) is 1. The van der Waals surface area contributed by atoms with Crippen molar-refractivity contribution in [3.05, 3.63) is 70.8 Å². The highest BCUT2D eigenvalue weighted by atomic mass is 19.4. The van der Waals surface area contributed by atoms with Gasteiger partial charge in [0.1, 0.15) is 0 Å². The summed E-state index contributed by atoms with van der Waals surface area (Å²) in [7, 11) is 0. The van der Waals surface area contributed by atoms with E-state index >= 15 is 0 Å². The molecule has 1 aliphatic rings. The van der Waals surface area contributed by atoms with Crippen LogP contribution in [-0.2, 0) is 17.1 Å². The van der Waals surface area contributed by atoms with Gasteiger partial charge in [-0.05, 0) is 61.7 Å². The smallest absolute Gasteiger partial charge is 0.349 e. The second kappa shape index (κ2) is 9.44. The maximum Gasteiger partial charge on any atom is 0.416 e. The molecule has 1 N–H and O–H groups in total. The molecule has 4 nitrogen and oxygen atoms in total. The molecule has 1 heterocycles. The van der Waals surface area contributed by atoms with E-state index in [1.807, 2.05) is 0 Å². The molecule has 33 heavy (non-hydrogen) atoms. The number of hydrogen-bond acceptors (Lipinski definition) is 2. The highest BCUT2D eigenvalue weighted by Gasteiger charge is 2.33. The first-order chi connectivity index (χ1) is 15.4. The third-order valence-electron chi connectivity index (χ3n) is 5.68. The topological polar surface area (TPSA) is 49.4 Å². The van der Waals surface area contributed by atoms with Crippen molar-refractivity contribution in [3.63, 3.8) is 0 Å². The number of rotatable bonds is 4. The summed E-state index contributed by atoms with van der Waals surface area (Å²) in [6.45, 7) is 2.09. The number of carbonyl (C=O) groups is 2. The van der Waals surface area contributed by atoms with E-state index in [0.717, 1.165) is 36.4 Å². The number of halogens is 6. The zero-order valence-corrected chi connectivity index (χ0v) is 17.6. The number of carbonyl (C=O) groups excluding carboxylic acids is 2. The lowest BCUT2D eigenvalue weighted by Gasteiger charge is -2.32. The molecule has 1 aliphatic heterocycles. The second-order valence-electron chi connectivity index (χ2n) is 8.00. The zero-order valence-electron chi connectivity index (χ0n) is 17.6. The Labute approximate surface area is 186 Å². The predicted molar refractivity (Wildman–Crippen MR) is 108 cm³/mol. The maximum absolute atomic E-state index is 12.9. The van der Waals surface area contributed by atoms with Gasteiger partial charge in [-0.2, -0.15) is 26.3 Å². The van der Waals surface area contributed by atoms with E-state index in [2.05, 4.69) is 5.32 Å². The Balaban J connectivity index is 1.55. The van der Waals surface area contributed by atoms with E-state index in [1.165, 1.54) is 17.0 Å².